The highest BCUT2D eigenvalue weighted by atomic mass is 31.1. The highest BCUT2D eigenvalue weighted by molar-refractivity contribution is 7.48. The van der Waals surface area contributed by atoms with Crippen LogP contribution in [0.15, 0.2) is 66.7 Å². The molecule has 4 heteroatoms. The number of phenolic OH excluding ortho intramolecular Hbond substituents is 1. The van der Waals surface area contributed by atoms with Crippen molar-refractivity contribution >= 4 is 19.7 Å². The lowest BCUT2D eigenvalue weighted by Gasteiger charge is -2.32. The predicted octanol–water partition coefficient (Wildman–Crippen LogP) is 6.55. The second-order valence-electron chi connectivity index (χ2n) is 9.74. The number of likely N-dealkylation sites (tertiary alicyclic amines) is 1. The third-order valence-corrected chi connectivity index (χ3v) is 9.04. The van der Waals surface area contributed by atoms with E-state index in [1.54, 1.807) is 12.1 Å². The summed E-state index contributed by atoms with van der Waals surface area (Å²) in [5.74, 6) is 0.260. The molecule has 1 N–H and O–H groups in total. The van der Waals surface area contributed by atoms with Gasteiger partial charge in [0.25, 0.3) is 0 Å². The first kappa shape index (κ1) is 24.6. The van der Waals surface area contributed by atoms with Gasteiger partial charge < -0.3 is 5.11 Å². The Kier molecular flexibility index (Phi) is 7.86. The van der Waals surface area contributed by atoms with Crippen LogP contribution in [0.1, 0.15) is 72.1 Å². The van der Waals surface area contributed by atoms with Crippen molar-refractivity contribution < 1.29 is 9.90 Å². The minimum Gasteiger partial charge on any atom is -0.508 e. The van der Waals surface area contributed by atoms with Crippen LogP contribution in [0.5, 0.6) is 5.75 Å². The number of aromatic hydroxyl groups is 1. The van der Waals surface area contributed by atoms with Crippen molar-refractivity contribution in [1.29, 1.82) is 0 Å². The molecule has 3 aromatic rings. The lowest BCUT2D eigenvalue weighted by molar-refractivity contribution is 0.103. The second-order valence-corrected chi connectivity index (χ2v) is 11.6. The van der Waals surface area contributed by atoms with E-state index in [9.17, 15) is 9.90 Å². The van der Waals surface area contributed by atoms with Crippen molar-refractivity contribution in [1.82, 2.24) is 4.90 Å². The molecule has 0 radical (unpaired) electrons. The Morgan fingerprint density at radius 3 is 2.41 bits per heavy atom. The van der Waals surface area contributed by atoms with Crippen molar-refractivity contribution in [3.63, 3.8) is 0 Å². The number of hydrogen-bond donors (Lipinski definition) is 1. The zero-order chi connectivity index (χ0) is 24.1. The molecule has 0 amide bonds. The molecule has 2 atom stereocenters. The molecule has 0 aliphatic carbocycles. The fraction of sp³-hybridized carbons (Fsp3) is 0.367. The summed E-state index contributed by atoms with van der Waals surface area (Å²) in [6.07, 6.45) is 4.78. The normalized spacial score (nSPS) is 16.6. The van der Waals surface area contributed by atoms with Gasteiger partial charge in [-0.3, -0.25) is 9.69 Å². The Morgan fingerprint density at radius 1 is 0.971 bits per heavy atom. The number of carbonyl (C=O) groups excluding carboxylic acids is 1. The van der Waals surface area contributed by atoms with E-state index in [1.807, 2.05) is 36.4 Å². The largest absolute Gasteiger partial charge is 0.508 e. The first-order valence-corrected chi connectivity index (χ1v) is 13.4. The molecule has 34 heavy (non-hydrogen) atoms. The van der Waals surface area contributed by atoms with Crippen LogP contribution in [0.4, 0.5) is 0 Å². The molecule has 1 heterocycles. The summed E-state index contributed by atoms with van der Waals surface area (Å²) in [6, 6.07) is 21.5. The average molecular weight is 474 g/mol. The van der Waals surface area contributed by atoms with Crippen LogP contribution >= 0.6 is 8.58 Å². The molecule has 4 rings (SSSR count). The van der Waals surface area contributed by atoms with Gasteiger partial charge in [-0.1, -0.05) is 82.9 Å². The van der Waals surface area contributed by atoms with Gasteiger partial charge in [0.2, 0.25) is 0 Å². The predicted molar refractivity (Wildman–Crippen MR) is 144 cm³/mol. The van der Waals surface area contributed by atoms with Crippen molar-refractivity contribution in [3.8, 4) is 5.75 Å². The quantitative estimate of drug-likeness (QED) is 0.298. The van der Waals surface area contributed by atoms with Crippen molar-refractivity contribution in [2.24, 2.45) is 0 Å². The van der Waals surface area contributed by atoms with Gasteiger partial charge in [-0.2, -0.15) is 0 Å². The SMILES string of the molecule is CCC(C)(Pc1ccc(C)cc1CN1CCCCC1)c1cc(C(=O)c2ccccc2)ccc1O. The summed E-state index contributed by atoms with van der Waals surface area (Å²) in [6.45, 7) is 9.90. The average Bonchev–Trinajstić information content (AvgIpc) is 2.86. The molecule has 2 unspecified atom stereocenters. The molecule has 0 bridgehead atoms. The molecule has 178 valence electrons. The van der Waals surface area contributed by atoms with Gasteiger partial charge in [-0.15, -0.1) is 0 Å². The van der Waals surface area contributed by atoms with Crippen LogP contribution in [0.2, 0.25) is 0 Å². The van der Waals surface area contributed by atoms with Crippen LogP contribution in [0, 0.1) is 6.92 Å². The monoisotopic (exact) mass is 473 g/mol. The van der Waals surface area contributed by atoms with Gasteiger partial charge in [0.1, 0.15) is 5.75 Å². The summed E-state index contributed by atoms with van der Waals surface area (Å²) in [4.78, 5) is 15.7. The van der Waals surface area contributed by atoms with Crippen molar-refractivity contribution in [2.75, 3.05) is 13.1 Å². The van der Waals surface area contributed by atoms with E-state index >= 15 is 0 Å². The third-order valence-electron chi connectivity index (χ3n) is 7.11. The van der Waals surface area contributed by atoms with Gasteiger partial charge >= 0.3 is 0 Å². The number of aryl methyl sites for hydroxylation is 1. The van der Waals surface area contributed by atoms with Crippen molar-refractivity contribution in [2.45, 2.75) is 58.2 Å². The van der Waals surface area contributed by atoms with Crippen LogP contribution < -0.4 is 5.30 Å². The number of phenols is 1. The molecule has 0 saturated carbocycles. The van der Waals surface area contributed by atoms with Gasteiger partial charge in [0.15, 0.2) is 5.78 Å². The Balaban J connectivity index is 1.66. The zero-order valence-electron chi connectivity index (χ0n) is 20.6. The number of carbonyl (C=O) groups is 1. The molecule has 3 aromatic carbocycles. The van der Waals surface area contributed by atoms with Crippen LogP contribution in [-0.4, -0.2) is 28.9 Å². The number of benzene rings is 3. The molecule has 0 spiro atoms. The minimum atomic E-state index is -0.261. The first-order chi connectivity index (χ1) is 16.4. The molecule has 1 saturated heterocycles. The van der Waals surface area contributed by atoms with E-state index in [0.29, 0.717) is 19.7 Å². The summed E-state index contributed by atoms with van der Waals surface area (Å²) >= 11 is 0. The standard InChI is InChI=1S/C30H36NO2P/c1-4-30(3,26-20-24(14-15-27(26)32)29(33)23-11-7-5-8-12-23)34-28-16-13-22(2)19-25(28)21-31-17-9-6-10-18-31/h5,7-8,11-16,19-20,32,34H,4,6,9-10,17-18,21H2,1-3H3. The van der Waals surface area contributed by atoms with E-state index in [-0.39, 0.29) is 16.7 Å². The number of hydrogen-bond acceptors (Lipinski definition) is 3. The molecular formula is C30H36NO2P. The zero-order valence-corrected chi connectivity index (χ0v) is 21.6. The number of piperidine rings is 1. The van der Waals surface area contributed by atoms with E-state index in [4.69, 9.17) is 0 Å². The van der Waals surface area contributed by atoms with Gasteiger partial charge in [-0.05, 0) is 68.3 Å². The van der Waals surface area contributed by atoms with Gasteiger partial charge in [0.05, 0.1) is 0 Å². The molecule has 3 nitrogen and oxygen atoms in total. The number of nitrogens with zero attached hydrogens (tertiary/aromatic N) is 1. The Hall–Kier alpha value is -2.48. The summed E-state index contributed by atoms with van der Waals surface area (Å²) in [5, 5.41) is 12.0. The minimum absolute atomic E-state index is 0.00948. The lowest BCUT2D eigenvalue weighted by Crippen LogP contribution is -2.31. The lowest BCUT2D eigenvalue weighted by atomic mass is 9.92. The van der Waals surface area contributed by atoms with Crippen LogP contribution in [0.25, 0.3) is 0 Å². The maximum atomic E-state index is 13.1. The summed E-state index contributed by atoms with van der Waals surface area (Å²) in [5.41, 5.74) is 4.84. The van der Waals surface area contributed by atoms with Crippen molar-refractivity contribution in [3.05, 3.63) is 94.5 Å². The highest BCUT2D eigenvalue weighted by Gasteiger charge is 2.30. The summed E-state index contributed by atoms with van der Waals surface area (Å²) in [7, 11) is 0.497. The smallest absolute Gasteiger partial charge is 0.193 e. The first-order valence-electron chi connectivity index (χ1n) is 12.4. The van der Waals surface area contributed by atoms with Crippen LogP contribution in [-0.2, 0) is 11.7 Å². The molecular weight excluding hydrogens is 437 g/mol. The molecule has 0 aromatic heterocycles. The Bertz CT molecular complexity index is 1140. The topological polar surface area (TPSA) is 40.5 Å². The third kappa shape index (κ3) is 5.59. The maximum Gasteiger partial charge on any atom is 0.193 e. The van der Waals surface area contributed by atoms with Gasteiger partial charge in [0, 0.05) is 28.4 Å². The molecule has 1 fully saturated rings. The van der Waals surface area contributed by atoms with E-state index in [1.165, 1.54) is 48.8 Å². The van der Waals surface area contributed by atoms with Gasteiger partial charge in [-0.25, -0.2) is 0 Å². The highest BCUT2D eigenvalue weighted by Crippen LogP contribution is 2.47. The second kappa shape index (κ2) is 10.8. The molecule has 1 aliphatic heterocycles. The number of ketones is 1. The van der Waals surface area contributed by atoms with Crippen LogP contribution in [0.3, 0.4) is 0 Å². The Morgan fingerprint density at radius 2 is 1.71 bits per heavy atom. The van der Waals surface area contributed by atoms with E-state index in [2.05, 4.69) is 43.9 Å². The fourth-order valence-corrected chi connectivity index (χ4v) is 6.44. The molecule has 1 aliphatic rings. The van der Waals surface area contributed by atoms with E-state index < -0.39 is 0 Å². The number of rotatable bonds is 8. The summed E-state index contributed by atoms with van der Waals surface area (Å²) < 4.78 is 0. The maximum absolute atomic E-state index is 13.1. The van der Waals surface area contributed by atoms with E-state index in [0.717, 1.165) is 18.5 Å². The Labute approximate surface area is 206 Å². The fourth-order valence-electron chi connectivity index (χ4n) is 4.85.